The zero-order chi connectivity index (χ0) is 21.1. The van der Waals surface area contributed by atoms with Gasteiger partial charge in [-0.25, -0.2) is 16.8 Å². The highest BCUT2D eigenvalue weighted by Gasteiger charge is 2.78. The molecule has 0 N–H and O–H groups in total. The van der Waals surface area contributed by atoms with E-state index in [0.717, 1.165) is 12.1 Å². The Bertz CT molecular complexity index is 789. The van der Waals surface area contributed by atoms with Crippen molar-refractivity contribution in [1.82, 2.24) is 0 Å². The lowest BCUT2D eigenvalue weighted by Crippen LogP contribution is -2.69. The first-order valence-corrected chi connectivity index (χ1v) is 10.7. The number of hydrogen-bond donors (Lipinski definition) is 0. The van der Waals surface area contributed by atoms with Crippen LogP contribution in [0.5, 0.6) is 0 Å². The SMILES string of the molecule is CCCCCCC([n+]1ccccc1)(S(=O)(=O)C(F)(F)F)S(=O)(=O)C(F)(F)F. The molecule has 1 aromatic rings. The van der Waals surface area contributed by atoms with E-state index >= 15 is 0 Å². The van der Waals surface area contributed by atoms with E-state index in [1.807, 2.05) is 0 Å². The fraction of sp³-hybridized carbons (Fsp3) is 0.643. The van der Waals surface area contributed by atoms with E-state index in [2.05, 4.69) is 0 Å². The van der Waals surface area contributed by atoms with Crippen molar-refractivity contribution in [2.75, 3.05) is 0 Å². The molecule has 1 aromatic heterocycles. The molecule has 5 nitrogen and oxygen atoms in total. The smallest absolute Gasteiger partial charge is 0.211 e. The van der Waals surface area contributed by atoms with E-state index < -0.39 is 47.7 Å². The Hall–Kier alpha value is -1.37. The zero-order valence-electron chi connectivity index (χ0n) is 14.1. The summed E-state index contributed by atoms with van der Waals surface area (Å²) in [7, 11) is -13.7. The van der Waals surface area contributed by atoms with E-state index in [-0.39, 0.29) is 11.0 Å². The molecule has 0 fully saturated rings. The Morgan fingerprint density at radius 3 is 1.56 bits per heavy atom. The first-order chi connectivity index (χ1) is 12.2. The van der Waals surface area contributed by atoms with E-state index in [0.29, 0.717) is 25.2 Å². The van der Waals surface area contributed by atoms with Crippen LogP contribution in [0, 0.1) is 0 Å². The van der Waals surface area contributed by atoms with Gasteiger partial charge in [-0.3, -0.25) is 0 Å². The van der Waals surface area contributed by atoms with Gasteiger partial charge in [0.25, 0.3) is 0 Å². The summed E-state index contributed by atoms with van der Waals surface area (Å²) in [5.41, 5.74) is -12.4. The number of pyridine rings is 1. The molecular formula is C14H18F6NO4S2+. The van der Waals surface area contributed by atoms with Crippen LogP contribution in [0.25, 0.3) is 0 Å². The van der Waals surface area contributed by atoms with Gasteiger partial charge >= 0.3 is 34.9 Å². The number of nitrogens with zero attached hydrogens (tertiary/aromatic N) is 1. The lowest BCUT2D eigenvalue weighted by molar-refractivity contribution is -0.719. The van der Waals surface area contributed by atoms with Gasteiger partial charge in [-0.15, -0.1) is 0 Å². The maximum Gasteiger partial charge on any atom is 0.505 e. The molecule has 0 amide bonds. The third kappa shape index (κ3) is 4.08. The van der Waals surface area contributed by atoms with Crippen LogP contribution >= 0.6 is 0 Å². The number of aromatic nitrogens is 1. The number of sulfone groups is 2. The molecule has 27 heavy (non-hydrogen) atoms. The molecule has 1 rings (SSSR count). The summed E-state index contributed by atoms with van der Waals surface area (Å²) < 4.78 is 124. The molecule has 0 aliphatic rings. The third-order valence-electron chi connectivity index (χ3n) is 3.90. The third-order valence-corrected chi connectivity index (χ3v) is 8.95. The lowest BCUT2D eigenvalue weighted by Gasteiger charge is -2.29. The van der Waals surface area contributed by atoms with Crippen molar-refractivity contribution in [3.63, 3.8) is 0 Å². The second kappa shape index (κ2) is 7.94. The van der Waals surface area contributed by atoms with E-state index in [9.17, 15) is 43.2 Å². The van der Waals surface area contributed by atoms with Crippen LogP contribution in [0.15, 0.2) is 30.6 Å². The highest BCUT2D eigenvalue weighted by molar-refractivity contribution is 8.09. The molecule has 0 aliphatic carbocycles. The average molecular weight is 442 g/mol. The molecule has 0 aliphatic heterocycles. The van der Waals surface area contributed by atoms with Gasteiger partial charge < -0.3 is 0 Å². The van der Waals surface area contributed by atoms with Gasteiger partial charge in [-0.1, -0.05) is 32.3 Å². The summed E-state index contributed by atoms with van der Waals surface area (Å²) >= 11 is 0. The minimum Gasteiger partial charge on any atom is -0.211 e. The van der Waals surface area contributed by atoms with E-state index in [4.69, 9.17) is 0 Å². The molecule has 0 aromatic carbocycles. The van der Waals surface area contributed by atoms with Crippen LogP contribution in [0.4, 0.5) is 26.3 Å². The largest absolute Gasteiger partial charge is 0.505 e. The van der Waals surface area contributed by atoms with Gasteiger partial charge in [0.05, 0.1) is 0 Å². The molecule has 0 atom stereocenters. The number of alkyl halides is 6. The molecule has 0 bridgehead atoms. The van der Waals surface area contributed by atoms with Gasteiger partial charge in [-0.2, -0.15) is 30.9 Å². The Kier molecular flexibility index (Phi) is 6.96. The number of rotatable bonds is 8. The van der Waals surface area contributed by atoms with Crippen LogP contribution in [-0.4, -0.2) is 27.9 Å². The standard InChI is InChI=1S/C14H18F6NO4S2/c1-2-3-4-6-9-12(21-10-7-5-8-11-21,26(22,23)13(15,16)17)27(24,25)14(18,19)20/h5,7-8,10-11H,2-4,6,9H2,1H3/q+1. The zero-order valence-corrected chi connectivity index (χ0v) is 15.7. The summed E-state index contributed by atoms with van der Waals surface area (Å²) in [6, 6.07) is 3.08. The first-order valence-electron chi connectivity index (χ1n) is 7.75. The maximum atomic E-state index is 13.3. The first kappa shape index (κ1) is 23.7. The molecule has 1 heterocycles. The minimum absolute atomic E-state index is 0.0371. The summed E-state index contributed by atoms with van der Waals surface area (Å²) in [5.74, 6) is 0. The van der Waals surface area contributed by atoms with Crippen molar-refractivity contribution >= 4 is 19.7 Å². The lowest BCUT2D eigenvalue weighted by atomic mass is 10.1. The Morgan fingerprint density at radius 2 is 1.19 bits per heavy atom. The predicted octanol–water partition coefficient (Wildman–Crippen LogP) is 3.42. The fourth-order valence-electron chi connectivity index (χ4n) is 2.58. The molecule has 0 spiro atoms. The number of unbranched alkanes of at least 4 members (excludes halogenated alkanes) is 3. The number of halogens is 6. The molecule has 0 saturated heterocycles. The van der Waals surface area contributed by atoms with Crippen LogP contribution in [0.2, 0.25) is 0 Å². The number of hydrogen-bond acceptors (Lipinski definition) is 4. The topological polar surface area (TPSA) is 72.2 Å². The fourth-order valence-corrected chi connectivity index (χ4v) is 6.65. The Morgan fingerprint density at radius 1 is 0.741 bits per heavy atom. The van der Waals surface area contributed by atoms with Gasteiger partial charge in [0.1, 0.15) is 0 Å². The monoisotopic (exact) mass is 442 g/mol. The second-order valence-electron chi connectivity index (χ2n) is 5.70. The quantitative estimate of drug-likeness (QED) is 0.351. The highest BCUT2D eigenvalue weighted by atomic mass is 32.3. The summed E-state index contributed by atoms with van der Waals surface area (Å²) in [4.78, 5) is 0. The van der Waals surface area contributed by atoms with Crippen molar-refractivity contribution < 1.29 is 47.7 Å². The van der Waals surface area contributed by atoms with Crippen LogP contribution < -0.4 is 4.57 Å². The minimum atomic E-state index is -6.83. The molecule has 0 radical (unpaired) electrons. The summed E-state index contributed by atoms with van der Waals surface area (Å²) in [6.45, 7) is 1.71. The van der Waals surface area contributed by atoms with Gasteiger partial charge in [0, 0.05) is 18.6 Å². The Labute approximate surface area is 152 Å². The van der Waals surface area contributed by atoms with Crippen molar-refractivity contribution in [2.24, 2.45) is 0 Å². The average Bonchev–Trinajstić information content (AvgIpc) is 2.53. The molecule has 13 heteroatoms. The van der Waals surface area contributed by atoms with E-state index in [1.54, 1.807) is 6.92 Å². The van der Waals surface area contributed by atoms with Gasteiger partial charge in [0.15, 0.2) is 12.4 Å². The van der Waals surface area contributed by atoms with Crippen LogP contribution in [-0.2, 0) is 23.9 Å². The molecule has 0 saturated carbocycles. The Balaban J connectivity index is 3.91. The van der Waals surface area contributed by atoms with Crippen molar-refractivity contribution in [3.8, 4) is 0 Å². The van der Waals surface area contributed by atoms with Gasteiger partial charge in [-0.05, 0) is 6.42 Å². The molecule has 0 unspecified atom stereocenters. The van der Waals surface area contributed by atoms with Crippen molar-refractivity contribution in [2.45, 2.75) is 54.2 Å². The van der Waals surface area contributed by atoms with Crippen molar-refractivity contribution in [1.29, 1.82) is 0 Å². The van der Waals surface area contributed by atoms with Crippen LogP contribution in [0.3, 0.4) is 0 Å². The van der Waals surface area contributed by atoms with Gasteiger partial charge in [0.2, 0.25) is 0 Å². The summed E-state index contributed by atoms with van der Waals surface area (Å²) in [6.07, 6.45) is 0.244. The second-order valence-corrected chi connectivity index (χ2v) is 10.3. The molecular weight excluding hydrogens is 424 g/mol. The highest BCUT2D eigenvalue weighted by Crippen LogP contribution is 2.46. The van der Waals surface area contributed by atoms with E-state index in [1.165, 1.54) is 6.07 Å². The van der Waals surface area contributed by atoms with Crippen molar-refractivity contribution in [3.05, 3.63) is 30.6 Å². The summed E-state index contributed by atoms with van der Waals surface area (Å²) in [5, 5.41) is 0. The normalized spacial score (nSPS) is 14.3. The maximum absolute atomic E-state index is 13.3. The van der Waals surface area contributed by atoms with Crippen LogP contribution in [0.1, 0.15) is 39.0 Å². The predicted molar refractivity (Wildman–Crippen MR) is 83.3 cm³/mol. The molecule has 156 valence electrons.